The molecule has 0 aromatic carbocycles. The van der Waals surface area contributed by atoms with Crippen LogP contribution in [-0.4, -0.2) is 34.0 Å². The minimum atomic E-state index is -0.935. The number of nitrogens with zero attached hydrogens (tertiary/aromatic N) is 2. The molecule has 0 aliphatic heterocycles. The molecule has 0 atom stereocenters. The summed E-state index contributed by atoms with van der Waals surface area (Å²) in [5.41, 5.74) is 0.986. The quantitative estimate of drug-likeness (QED) is 0.889. The first-order valence-corrected chi connectivity index (χ1v) is 7.14. The van der Waals surface area contributed by atoms with E-state index in [2.05, 4.69) is 10.3 Å². The van der Waals surface area contributed by atoms with Gasteiger partial charge in [0.2, 0.25) is 0 Å². The summed E-state index contributed by atoms with van der Waals surface area (Å²) >= 11 is 1.59. The number of hydrogen-bond acceptors (Lipinski definition) is 4. The molecule has 7 heteroatoms. The zero-order chi connectivity index (χ0) is 15.2. The van der Waals surface area contributed by atoms with Gasteiger partial charge in [0.1, 0.15) is 0 Å². The van der Waals surface area contributed by atoms with E-state index < -0.39 is 5.97 Å². The molecule has 0 unspecified atom stereocenters. The maximum atomic E-state index is 12.0. The average Bonchev–Trinajstić information content (AvgIpc) is 2.93. The van der Waals surface area contributed by atoms with E-state index in [-0.39, 0.29) is 12.5 Å². The highest BCUT2D eigenvalue weighted by atomic mass is 32.1. The minimum Gasteiger partial charge on any atom is -0.481 e. The fraction of sp³-hybridized carbons (Fsp3) is 0.214. The van der Waals surface area contributed by atoms with Crippen molar-refractivity contribution in [3.8, 4) is 0 Å². The first kappa shape index (κ1) is 15.0. The normalized spacial score (nSPS) is 10.1. The van der Waals surface area contributed by atoms with Crippen LogP contribution in [0.4, 0.5) is 10.5 Å². The Bertz CT molecular complexity index is 611. The van der Waals surface area contributed by atoms with Gasteiger partial charge in [-0.3, -0.25) is 9.78 Å². The van der Waals surface area contributed by atoms with E-state index in [1.54, 1.807) is 35.4 Å². The summed E-state index contributed by atoms with van der Waals surface area (Å²) < 4.78 is 0. The molecule has 2 amide bonds. The van der Waals surface area contributed by atoms with Gasteiger partial charge in [0.05, 0.1) is 30.5 Å². The van der Waals surface area contributed by atoms with Gasteiger partial charge >= 0.3 is 12.0 Å². The van der Waals surface area contributed by atoms with E-state index in [1.165, 1.54) is 6.20 Å². The number of hydrogen-bond donors (Lipinski definition) is 2. The average molecular weight is 305 g/mol. The maximum Gasteiger partial charge on any atom is 0.321 e. The van der Waals surface area contributed by atoms with Crippen molar-refractivity contribution in [3.63, 3.8) is 0 Å². The third-order valence-corrected chi connectivity index (χ3v) is 3.59. The molecule has 2 heterocycles. The number of carbonyl (C=O) groups is 2. The Morgan fingerprint density at radius 2 is 2.19 bits per heavy atom. The molecule has 0 saturated carbocycles. The van der Waals surface area contributed by atoms with E-state index >= 15 is 0 Å². The van der Waals surface area contributed by atoms with Gasteiger partial charge < -0.3 is 15.3 Å². The van der Waals surface area contributed by atoms with Crippen molar-refractivity contribution in [2.24, 2.45) is 0 Å². The van der Waals surface area contributed by atoms with Crippen LogP contribution in [-0.2, 0) is 17.8 Å². The van der Waals surface area contributed by atoms with Crippen LogP contribution in [0.1, 0.15) is 10.6 Å². The molecule has 6 nitrogen and oxygen atoms in total. The standard InChI is InChI=1S/C14H15N3O3S/c1-17(9-12-3-2-6-21-12)14(20)16-11-5-4-10(15-8-11)7-13(18)19/h2-6,8H,7,9H2,1H3,(H,16,20)(H,18,19). The van der Waals surface area contributed by atoms with Gasteiger partial charge in [-0.1, -0.05) is 6.07 Å². The van der Waals surface area contributed by atoms with Crippen LogP contribution in [0.15, 0.2) is 35.8 Å². The van der Waals surface area contributed by atoms with Crippen molar-refractivity contribution in [3.05, 3.63) is 46.4 Å². The number of urea groups is 1. The topological polar surface area (TPSA) is 82.5 Å². The Hall–Kier alpha value is -2.41. The van der Waals surface area contributed by atoms with Crippen LogP contribution in [0.5, 0.6) is 0 Å². The van der Waals surface area contributed by atoms with Crippen molar-refractivity contribution < 1.29 is 14.7 Å². The minimum absolute atomic E-state index is 0.132. The lowest BCUT2D eigenvalue weighted by molar-refractivity contribution is -0.136. The molecule has 2 aromatic heterocycles. The number of aliphatic carboxylic acids is 1. The van der Waals surface area contributed by atoms with Crippen LogP contribution >= 0.6 is 11.3 Å². The van der Waals surface area contributed by atoms with E-state index in [4.69, 9.17) is 5.11 Å². The summed E-state index contributed by atoms with van der Waals surface area (Å²) in [4.78, 5) is 29.2. The molecular formula is C14H15N3O3S. The first-order valence-electron chi connectivity index (χ1n) is 6.26. The van der Waals surface area contributed by atoms with Gasteiger partial charge in [0, 0.05) is 11.9 Å². The zero-order valence-corrected chi connectivity index (χ0v) is 12.3. The monoisotopic (exact) mass is 305 g/mol. The van der Waals surface area contributed by atoms with Crippen molar-refractivity contribution in [1.29, 1.82) is 0 Å². The smallest absolute Gasteiger partial charge is 0.321 e. The van der Waals surface area contributed by atoms with Gasteiger partial charge in [-0.25, -0.2) is 4.79 Å². The lowest BCUT2D eigenvalue weighted by atomic mass is 10.2. The molecule has 0 radical (unpaired) electrons. The van der Waals surface area contributed by atoms with Crippen molar-refractivity contribution in [2.45, 2.75) is 13.0 Å². The van der Waals surface area contributed by atoms with E-state index in [0.29, 0.717) is 17.9 Å². The van der Waals surface area contributed by atoms with Crippen molar-refractivity contribution >= 4 is 29.0 Å². The number of amides is 2. The van der Waals surface area contributed by atoms with Gasteiger partial charge in [0.25, 0.3) is 0 Å². The summed E-state index contributed by atoms with van der Waals surface area (Å²) in [6.45, 7) is 0.536. The summed E-state index contributed by atoms with van der Waals surface area (Å²) in [5, 5.41) is 13.3. The molecule has 0 spiro atoms. The Labute approximate surface area is 126 Å². The van der Waals surface area contributed by atoms with Gasteiger partial charge in [-0.05, 0) is 23.6 Å². The Morgan fingerprint density at radius 3 is 2.76 bits per heavy atom. The second kappa shape index (κ2) is 6.85. The molecular weight excluding hydrogens is 290 g/mol. The fourth-order valence-corrected chi connectivity index (χ4v) is 2.44. The first-order chi connectivity index (χ1) is 10.0. The lowest BCUT2D eigenvalue weighted by Crippen LogP contribution is -2.30. The lowest BCUT2D eigenvalue weighted by Gasteiger charge is -2.17. The Balaban J connectivity index is 1.91. The number of carboxylic acid groups (broad SMARTS) is 1. The summed E-state index contributed by atoms with van der Waals surface area (Å²) in [6.07, 6.45) is 1.32. The molecule has 0 fully saturated rings. The highest BCUT2D eigenvalue weighted by molar-refractivity contribution is 7.09. The second-order valence-electron chi connectivity index (χ2n) is 4.47. The molecule has 0 bridgehead atoms. The van der Waals surface area contributed by atoms with Crippen LogP contribution in [0, 0.1) is 0 Å². The van der Waals surface area contributed by atoms with Crippen LogP contribution in [0.3, 0.4) is 0 Å². The van der Waals surface area contributed by atoms with Gasteiger partial charge in [-0.15, -0.1) is 11.3 Å². The highest BCUT2D eigenvalue weighted by Crippen LogP contribution is 2.12. The predicted octanol–water partition coefficient (Wildman–Crippen LogP) is 2.43. The van der Waals surface area contributed by atoms with Gasteiger partial charge in [0.15, 0.2) is 0 Å². The summed E-state index contributed by atoms with van der Waals surface area (Å²) in [7, 11) is 1.71. The number of nitrogens with one attached hydrogen (secondary N) is 1. The predicted molar refractivity (Wildman–Crippen MR) is 80.4 cm³/mol. The highest BCUT2D eigenvalue weighted by Gasteiger charge is 2.10. The SMILES string of the molecule is CN(Cc1cccs1)C(=O)Nc1ccc(CC(=O)O)nc1. The van der Waals surface area contributed by atoms with Crippen LogP contribution in [0.2, 0.25) is 0 Å². The van der Waals surface area contributed by atoms with Crippen molar-refractivity contribution in [2.75, 3.05) is 12.4 Å². The molecule has 2 rings (SSSR count). The molecule has 0 aliphatic rings. The molecule has 0 aliphatic carbocycles. The van der Waals surface area contributed by atoms with E-state index in [0.717, 1.165) is 4.88 Å². The molecule has 21 heavy (non-hydrogen) atoms. The van der Waals surface area contributed by atoms with Gasteiger partial charge in [-0.2, -0.15) is 0 Å². The number of pyridine rings is 1. The molecule has 2 N–H and O–H groups in total. The number of carbonyl (C=O) groups excluding carboxylic acids is 1. The van der Waals surface area contributed by atoms with Crippen molar-refractivity contribution in [1.82, 2.24) is 9.88 Å². The summed E-state index contributed by atoms with van der Waals surface area (Å²) in [6, 6.07) is 6.90. The number of aromatic nitrogens is 1. The molecule has 2 aromatic rings. The second-order valence-corrected chi connectivity index (χ2v) is 5.51. The third kappa shape index (κ3) is 4.57. The molecule has 110 valence electrons. The van der Waals surface area contributed by atoms with E-state index in [9.17, 15) is 9.59 Å². The zero-order valence-electron chi connectivity index (χ0n) is 11.4. The Morgan fingerprint density at radius 1 is 1.38 bits per heavy atom. The number of rotatable bonds is 5. The number of carboxylic acids is 1. The number of anilines is 1. The summed E-state index contributed by atoms with van der Waals surface area (Å²) in [5.74, 6) is -0.935. The maximum absolute atomic E-state index is 12.0. The van der Waals surface area contributed by atoms with E-state index in [1.807, 2.05) is 17.5 Å². The molecule has 0 saturated heterocycles. The Kier molecular flexibility index (Phi) is 4.89. The largest absolute Gasteiger partial charge is 0.481 e. The number of thiophene rings is 1. The fourth-order valence-electron chi connectivity index (χ4n) is 1.68. The van der Waals surface area contributed by atoms with Crippen LogP contribution < -0.4 is 5.32 Å². The van der Waals surface area contributed by atoms with Crippen LogP contribution in [0.25, 0.3) is 0 Å². The third-order valence-electron chi connectivity index (χ3n) is 2.73.